The molecule has 0 unspecified atom stereocenters. The monoisotopic (exact) mass is 463 g/mol. The van der Waals surface area contributed by atoms with Crippen molar-refractivity contribution in [3.63, 3.8) is 0 Å². The Morgan fingerprint density at radius 1 is 0.971 bits per heavy atom. The molecule has 35 heavy (non-hydrogen) atoms. The van der Waals surface area contributed by atoms with Crippen LogP contribution in [-0.2, 0) is 13.1 Å². The van der Waals surface area contributed by atoms with Crippen molar-refractivity contribution in [2.45, 2.75) is 13.1 Å². The number of anilines is 1. The number of methoxy groups -OCH3 is 1. The first kappa shape index (κ1) is 20.7. The highest BCUT2D eigenvalue weighted by molar-refractivity contribution is 5.80. The average molecular weight is 463 g/mol. The minimum absolute atomic E-state index is 0.361. The van der Waals surface area contributed by atoms with Crippen LogP contribution in [0, 0.1) is 17.7 Å². The van der Waals surface area contributed by atoms with Gasteiger partial charge >= 0.3 is 0 Å². The van der Waals surface area contributed by atoms with Crippen molar-refractivity contribution in [3.05, 3.63) is 89.3 Å². The summed E-state index contributed by atoms with van der Waals surface area (Å²) in [7, 11) is 1.66. The lowest BCUT2D eigenvalue weighted by atomic mass is 10.1. The zero-order chi connectivity index (χ0) is 23.8. The van der Waals surface area contributed by atoms with E-state index in [1.165, 1.54) is 17.2 Å². The molecule has 0 fully saturated rings. The number of nitrogens with zero attached hydrogens (tertiary/aromatic N) is 6. The van der Waals surface area contributed by atoms with Gasteiger partial charge in [-0.1, -0.05) is 12.0 Å². The second-order valence-electron chi connectivity index (χ2n) is 8.04. The molecular weight excluding hydrogens is 445 g/mol. The van der Waals surface area contributed by atoms with Crippen molar-refractivity contribution in [3.8, 4) is 29.1 Å². The molecule has 0 atom stereocenters. The number of halogens is 1. The van der Waals surface area contributed by atoms with E-state index < -0.39 is 5.82 Å². The molecule has 5 aromatic rings. The Bertz CT molecular complexity index is 1640. The first-order valence-corrected chi connectivity index (χ1v) is 10.9. The lowest BCUT2D eigenvalue weighted by molar-refractivity contribution is 0.414. The van der Waals surface area contributed by atoms with Crippen molar-refractivity contribution in [1.29, 1.82) is 0 Å². The van der Waals surface area contributed by atoms with Crippen LogP contribution >= 0.6 is 0 Å². The van der Waals surface area contributed by atoms with E-state index in [-0.39, 0.29) is 0 Å². The van der Waals surface area contributed by atoms with Gasteiger partial charge in [0.1, 0.15) is 28.5 Å². The fourth-order valence-corrected chi connectivity index (χ4v) is 4.04. The minimum Gasteiger partial charge on any atom is -0.497 e. The molecule has 0 aliphatic carbocycles. The molecule has 1 N–H and O–H groups in total. The molecule has 6 rings (SSSR count). The number of nitrogens with one attached hydrogen (secondary N) is 1. The van der Waals surface area contributed by atoms with E-state index in [2.05, 4.69) is 48.0 Å². The second kappa shape index (κ2) is 8.50. The Balaban J connectivity index is 1.26. The Morgan fingerprint density at radius 2 is 1.86 bits per heavy atom. The van der Waals surface area contributed by atoms with Crippen molar-refractivity contribution in [2.24, 2.45) is 0 Å². The molecule has 0 bridgehead atoms. The SMILES string of the molecule is COc1ccc2c(c1)CN(c1nccc(-c3nccc(C#Cc4cc(F)c5[nH]ncc5c4)n3)n1)C2. The van der Waals surface area contributed by atoms with Crippen LogP contribution in [0.5, 0.6) is 5.75 Å². The summed E-state index contributed by atoms with van der Waals surface area (Å²) in [6.45, 7) is 1.41. The van der Waals surface area contributed by atoms with Gasteiger partial charge in [0.2, 0.25) is 5.95 Å². The van der Waals surface area contributed by atoms with Crippen LogP contribution in [0.3, 0.4) is 0 Å². The second-order valence-corrected chi connectivity index (χ2v) is 8.04. The van der Waals surface area contributed by atoms with Gasteiger partial charge in [-0.15, -0.1) is 0 Å². The highest BCUT2D eigenvalue weighted by Crippen LogP contribution is 2.29. The number of hydrogen-bond donors (Lipinski definition) is 1. The summed E-state index contributed by atoms with van der Waals surface area (Å²) in [6.07, 6.45) is 4.90. The lowest BCUT2D eigenvalue weighted by Crippen LogP contribution is -2.17. The molecule has 0 saturated heterocycles. The number of H-pyrrole nitrogens is 1. The first-order valence-electron chi connectivity index (χ1n) is 10.9. The maximum atomic E-state index is 14.2. The fraction of sp³-hybridized carbons (Fsp3) is 0.115. The summed E-state index contributed by atoms with van der Waals surface area (Å²) in [5.41, 5.74) is 4.41. The Labute approximate surface area is 199 Å². The van der Waals surface area contributed by atoms with E-state index in [0.717, 1.165) is 5.75 Å². The fourth-order valence-electron chi connectivity index (χ4n) is 4.04. The molecule has 1 aliphatic heterocycles. The molecule has 2 aromatic carbocycles. The van der Waals surface area contributed by atoms with Crippen molar-refractivity contribution >= 4 is 16.9 Å². The summed E-state index contributed by atoms with van der Waals surface area (Å²) in [5.74, 6) is 7.42. The number of fused-ring (bicyclic) bond motifs is 2. The molecule has 8 nitrogen and oxygen atoms in total. The summed E-state index contributed by atoms with van der Waals surface area (Å²) in [6, 6.07) is 12.7. The predicted molar refractivity (Wildman–Crippen MR) is 128 cm³/mol. The van der Waals surface area contributed by atoms with Gasteiger partial charge in [0.05, 0.1) is 13.3 Å². The summed E-state index contributed by atoms with van der Waals surface area (Å²) in [4.78, 5) is 20.2. The van der Waals surface area contributed by atoms with Gasteiger partial charge in [-0.3, -0.25) is 5.10 Å². The lowest BCUT2D eigenvalue weighted by Gasteiger charge is -2.15. The third kappa shape index (κ3) is 4.02. The van der Waals surface area contributed by atoms with Crippen LogP contribution in [0.25, 0.3) is 22.4 Å². The van der Waals surface area contributed by atoms with Crippen LogP contribution in [0.15, 0.2) is 61.1 Å². The van der Waals surface area contributed by atoms with E-state index >= 15 is 0 Å². The number of aromatic nitrogens is 6. The summed E-state index contributed by atoms with van der Waals surface area (Å²) in [5, 5.41) is 7.16. The summed E-state index contributed by atoms with van der Waals surface area (Å²) < 4.78 is 19.5. The van der Waals surface area contributed by atoms with E-state index in [1.54, 1.807) is 43.9 Å². The van der Waals surface area contributed by atoms with Crippen LogP contribution < -0.4 is 9.64 Å². The van der Waals surface area contributed by atoms with Crippen LogP contribution in [0.4, 0.5) is 10.3 Å². The smallest absolute Gasteiger partial charge is 0.226 e. The molecule has 170 valence electrons. The third-order valence-electron chi connectivity index (χ3n) is 5.78. The van der Waals surface area contributed by atoms with Crippen LogP contribution in [-0.4, -0.2) is 37.2 Å². The maximum Gasteiger partial charge on any atom is 0.226 e. The third-order valence-corrected chi connectivity index (χ3v) is 5.78. The zero-order valence-corrected chi connectivity index (χ0v) is 18.7. The van der Waals surface area contributed by atoms with Crippen molar-refractivity contribution in [1.82, 2.24) is 30.1 Å². The van der Waals surface area contributed by atoms with Gasteiger partial charge < -0.3 is 9.64 Å². The quantitative estimate of drug-likeness (QED) is 0.406. The number of ether oxygens (including phenoxy) is 1. The van der Waals surface area contributed by atoms with Gasteiger partial charge in [-0.25, -0.2) is 24.3 Å². The highest BCUT2D eigenvalue weighted by Gasteiger charge is 2.22. The minimum atomic E-state index is -0.399. The molecular formula is C26H18FN7O. The molecule has 0 amide bonds. The highest BCUT2D eigenvalue weighted by atomic mass is 19.1. The largest absolute Gasteiger partial charge is 0.497 e. The van der Waals surface area contributed by atoms with Crippen molar-refractivity contribution < 1.29 is 9.13 Å². The van der Waals surface area contributed by atoms with E-state index in [0.29, 0.717) is 52.7 Å². The average Bonchev–Trinajstić information content (AvgIpc) is 3.55. The predicted octanol–water partition coefficient (Wildman–Crippen LogP) is 3.88. The molecule has 0 saturated carbocycles. The zero-order valence-electron chi connectivity index (χ0n) is 18.7. The van der Waals surface area contributed by atoms with Crippen molar-refractivity contribution in [2.75, 3.05) is 12.0 Å². The maximum absolute atomic E-state index is 14.2. The van der Waals surface area contributed by atoms with E-state index in [1.807, 2.05) is 12.1 Å². The number of aromatic amines is 1. The standard InChI is InChI=1S/C26H18FN7O/c1-35-21-5-3-17-14-34(15-19(17)12-21)26-29-9-7-23(32-26)25-28-8-6-20(31-25)4-2-16-10-18-13-30-33-24(18)22(27)11-16/h3,5-13H,14-15H2,1H3,(H,30,33). The Hall–Kier alpha value is -4.84. The Morgan fingerprint density at radius 3 is 2.77 bits per heavy atom. The van der Waals surface area contributed by atoms with Gasteiger partial charge in [-0.05, 0) is 53.4 Å². The molecule has 1 aliphatic rings. The number of rotatable bonds is 3. The van der Waals surface area contributed by atoms with Gasteiger partial charge in [0.25, 0.3) is 0 Å². The number of benzene rings is 2. The molecule has 4 heterocycles. The normalized spacial score (nSPS) is 12.3. The van der Waals surface area contributed by atoms with Crippen LogP contribution in [0.2, 0.25) is 0 Å². The van der Waals surface area contributed by atoms with E-state index in [9.17, 15) is 4.39 Å². The van der Waals surface area contributed by atoms with E-state index in [4.69, 9.17) is 9.72 Å². The number of hydrogen-bond acceptors (Lipinski definition) is 7. The molecule has 3 aromatic heterocycles. The molecule has 9 heteroatoms. The molecule has 0 spiro atoms. The Kier molecular flexibility index (Phi) is 5.04. The topological polar surface area (TPSA) is 92.7 Å². The first-order chi connectivity index (χ1) is 17.2. The van der Waals surface area contributed by atoms with Gasteiger partial charge in [0.15, 0.2) is 5.82 Å². The van der Waals surface area contributed by atoms with Gasteiger partial charge in [-0.2, -0.15) is 5.10 Å². The summed E-state index contributed by atoms with van der Waals surface area (Å²) >= 11 is 0. The van der Waals surface area contributed by atoms with Crippen LogP contribution in [0.1, 0.15) is 22.4 Å². The van der Waals surface area contributed by atoms with Gasteiger partial charge in [0, 0.05) is 36.4 Å². The molecule has 0 radical (unpaired) electrons.